The maximum Gasteiger partial charge on any atom is 0.191 e. The van der Waals surface area contributed by atoms with E-state index in [0.717, 1.165) is 24.8 Å². The Labute approximate surface area is 168 Å². The fourth-order valence-corrected chi connectivity index (χ4v) is 2.26. The lowest BCUT2D eigenvalue weighted by molar-refractivity contribution is 0.411. The van der Waals surface area contributed by atoms with Crippen LogP contribution in [-0.2, 0) is 5.41 Å². The Balaban J connectivity index is 0.00000529. The first-order chi connectivity index (χ1) is 10.7. The van der Waals surface area contributed by atoms with E-state index in [0.29, 0.717) is 0 Å². The number of nitrogens with one attached hydrogen (secondary N) is 2. The number of hydrogen-bond acceptors (Lipinski definition) is 3. The Bertz CT molecular complexity index is 533. The van der Waals surface area contributed by atoms with Gasteiger partial charge in [0, 0.05) is 30.3 Å². The van der Waals surface area contributed by atoms with Gasteiger partial charge in [-0.25, -0.2) is 0 Å². The van der Waals surface area contributed by atoms with Gasteiger partial charge >= 0.3 is 0 Å². The average Bonchev–Trinajstić information content (AvgIpc) is 2.55. The van der Waals surface area contributed by atoms with Crippen LogP contribution < -0.4 is 15.4 Å². The van der Waals surface area contributed by atoms with Crippen LogP contribution in [0.15, 0.2) is 29.3 Å². The number of methoxy groups -OCH3 is 1. The third kappa shape index (κ3) is 7.51. The highest BCUT2D eigenvalue weighted by molar-refractivity contribution is 14.0. The first-order valence-electron chi connectivity index (χ1n) is 7.88. The van der Waals surface area contributed by atoms with Crippen molar-refractivity contribution in [2.75, 3.05) is 33.5 Å². The first kappa shape index (κ1) is 23.4. The molecule has 4 nitrogen and oxygen atoms in total. The molecule has 0 unspecified atom stereocenters. The highest BCUT2D eigenvalue weighted by Gasteiger charge is 2.22. The molecule has 0 spiro atoms. The van der Waals surface area contributed by atoms with Crippen molar-refractivity contribution in [3.63, 3.8) is 0 Å². The van der Waals surface area contributed by atoms with Crippen molar-refractivity contribution in [3.8, 4) is 5.75 Å². The van der Waals surface area contributed by atoms with Crippen LogP contribution in [0.1, 0.15) is 33.3 Å². The Morgan fingerprint density at radius 3 is 2.33 bits per heavy atom. The van der Waals surface area contributed by atoms with Gasteiger partial charge in [-0.15, -0.1) is 24.0 Å². The number of rotatable bonds is 7. The van der Waals surface area contributed by atoms with Crippen LogP contribution >= 0.6 is 35.7 Å². The van der Waals surface area contributed by atoms with Gasteiger partial charge in [0.1, 0.15) is 5.75 Å². The van der Waals surface area contributed by atoms with Gasteiger partial charge in [0.05, 0.1) is 7.11 Å². The molecule has 0 aliphatic rings. The number of guanidine groups is 1. The van der Waals surface area contributed by atoms with Crippen molar-refractivity contribution < 1.29 is 4.74 Å². The summed E-state index contributed by atoms with van der Waals surface area (Å²) < 4.78 is 5.51. The van der Waals surface area contributed by atoms with Crippen molar-refractivity contribution in [2.24, 2.45) is 4.99 Å². The van der Waals surface area contributed by atoms with Crippen LogP contribution in [0.3, 0.4) is 0 Å². The second kappa shape index (κ2) is 10.4. The van der Waals surface area contributed by atoms with Crippen LogP contribution in [-0.4, -0.2) is 44.2 Å². The van der Waals surface area contributed by atoms with Gasteiger partial charge in [0.15, 0.2) is 5.96 Å². The molecular weight excluding hydrogens is 433 g/mol. The van der Waals surface area contributed by atoms with E-state index in [4.69, 9.17) is 4.74 Å². The minimum absolute atomic E-state index is 0. The van der Waals surface area contributed by atoms with Gasteiger partial charge < -0.3 is 15.4 Å². The molecule has 0 aliphatic carbocycles. The Morgan fingerprint density at radius 2 is 1.79 bits per heavy atom. The number of thioether (sulfide) groups is 1. The van der Waals surface area contributed by atoms with E-state index < -0.39 is 0 Å². The van der Waals surface area contributed by atoms with Crippen LogP contribution in [0.5, 0.6) is 5.75 Å². The largest absolute Gasteiger partial charge is 0.497 e. The number of halogens is 1. The van der Waals surface area contributed by atoms with E-state index >= 15 is 0 Å². The molecule has 0 saturated carbocycles. The third-order valence-corrected chi connectivity index (χ3v) is 5.26. The minimum atomic E-state index is -0.0266. The maximum absolute atomic E-state index is 5.33. The number of nitrogens with zero attached hydrogens (tertiary/aromatic N) is 1. The van der Waals surface area contributed by atoms with Crippen LogP contribution in [0.2, 0.25) is 0 Å². The molecule has 0 amide bonds. The maximum atomic E-state index is 5.33. The molecule has 0 radical (unpaired) electrons. The molecule has 0 aromatic heterocycles. The lowest BCUT2D eigenvalue weighted by atomic mass is 9.84. The molecule has 1 rings (SSSR count). The van der Waals surface area contributed by atoms with Crippen LogP contribution in [0.4, 0.5) is 0 Å². The highest BCUT2D eigenvalue weighted by atomic mass is 127. The second-order valence-electron chi connectivity index (χ2n) is 6.86. The SMILES string of the molecule is CN=C(NCC(C)(C)SC)NCC(C)(C)c1cccc(OC)c1.I. The number of benzene rings is 1. The topological polar surface area (TPSA) is 45.7 Å². The molecule has 1 aromatic carbocycles. The fraction of sp³-hybridized carbons (Fsp3) is 0.611. The third-order valence-electron chi connectivity index (χ3n) is 4.01. The Hall–Kier alpha value is -0.630. The highest BCUT2D eigenvalue weighted by Crippen LogP contribution is 2.25. The summed E-state index contributed by atoms with van der Waals surface area (Å²) >= 11 is 1.84. The van der Waals surface area contributed by atoms with Crippen molar-refractivity contribution >= 4 is 41.7 Å². The monoisotopic (exact) mass is 465 g/mol. The van der Waals surface area contributed by atoms with Gasteiger partial charge in [0.25, 0.3) is 0 Å². The number of hydrogen-bond donors (Lipinski definition) is 2. The van der Waals surface area contributed by atoms with Crippen LogP contribution in [0, 0.1) is 0 Å². The summed E-state index contributed by atoms with van der Waals surface area (Å²) in [6, 6.07) is 8.23. The molecule has 1 aromatic rings. The standard InChI is InChI=1S/C18H31N3OS.HI/c1-17(2,14-9-8-10-15(11-14)22-6)12-20-16(19-5)21-13-18(3,4)23-7;/h8-11H,12-13H2,1-7H3,(H2,19,20,21);1H. The molecule has 0 fully saturated rings. The summed E-state index contributed by atoms with van der Waals surface area (Å²) in [6.07, 6.45) is 2.13. The zero-order chi connectivity index (χ0) is 17.5. The van der Waals surface area contributed by atoms with Gasteiger partial charge in [0.2, 0.25) is 0 Å². The molecule has 0 aliphatic heterocycles. The smallest absolute Gasteiger partial charge is 0.191 e. The molecule has 2 N–H and O–H groups in total. The van der Waals surface area contributed by atoms with Gasteiger partial charge in [-0.1, -0.05) is 26.0 Å². The molecule has 0 bridgehead atoms. The molecule has 0 atom stereocenters. The molecule has 0 heterocycles. The number of aliphatic imine (C=N–C) groups is 1. The van der Waals surface area contributed by atoms with E-state index in [2.05, 4.69) is 61.7 Å². The average molecular weight is 465 g/mol. The minimum Gasteiger partial charge on any atom is -0.497 e. The Kier molecular flexibility index (Phi) is 10.1. The van der Waals surface area contributed by atoms with Crippen LogP contribution in [0.25, 0.3) is 0 Å². The zero-order valence-corrected chi connectivity index (χ0v) is 19.0. The molecule has 0 saturated heterocycles. The summed E-state index contributed by atoms with van der Waals surface area (Å²) in [5.74, 6) is 1.72. The molecule has 6 heteroatoms. The van der Waals surface area contributed by atoms with E-state index in [1.54, 1.807) is 14.2 Å². The Morgan fingerprint density at radius 1 is 1.17 bits per heavy atom. The van der Waals surface area contributed by atoms with E-state index in [1.165, 1.54) is 5.56 Å². The van der Waals surface area contributed by atoms with Crippen molar-refractivity contribution in [1.82, 2.24) is 10.6 Å². The van der Waals surface area contributed by atoms with Crippen molar-refractivity contribution in [3.05, 3.63) is 29.8 Å². The van der Waals surface area contributed by atoms with Crippen molar-refractivity contribution in [2.45, 2.75) is 37.9 Å². The number of ether oxygens (including phenoxy) is 1. The lowest BCUT2D eigenvalue weighted by Crippen LogP contribution is -2.46. The van der Waals surface area contributed by atoms with Crippen molar-refractivity contribution in [1.29, 1.82) is 0 Å². The lowest BCUT2D eigenvalue weighted by Gasteiger charge is -2.28. The van der Waals surface area contributed by atoms with Gasteiger partial charge in [-0.05, 0) is 37.8 Å². The van der Waals surface area contributed by atoms with E-state index in [9.17, 15) is 0 Å². The summed E-state index contributed by atoms with van der Waals surface area (Å²) in [5, 5.41) is 6.83. The normalized spacial score (nSPS) is 12.4. The summed E-state index contributed by atoms with van der Waals surface area (Å²) in [6.45, 7) is 10.5. The quantitative estimate of drug-likeness (QED) is 0.364. The zero-order valence-electron chi connectivity index (χ0n) is 15.9. The second-order valence-corrected chi connectivity index (χ2v) is 8.37. The van der Waals surface area contributed by atoms with E-state index in [-0.39, 0.29) is 34.1 Å². The predicted octanol–water partition coefficient (Wildman–Crippen LogP) is 3.90. The first-order valence-corrected chi connectivity index (χ1v) is 9.11. The van der Waals surface area contributed by atoms with Gasteiger partial charge in [-0.2, -0.15) is 11.8 Å². The summed E-state index contributed by atoms with van der Waals surface area (Å²) in [5.41, 5.74) is 1.21. The van der Waals surface area contributed by atoms with Gasteiger partial charge in [-0.3, -0.25) is 4.99 Å². The molecule has 24 heavy (non-hydrogen) atoms. The van der Waals surface area contributed by atoms with E-state index in [1.807, 2.05) is 23.9 Å². The molecule has 138 valence electrons. The fourth-order valence-electron chi connectivity index (χ4n) is 2.04. The summed E-state index contributed by atoms with van der Waals surface area (Å²) in [4.78, 5) is 4.32. The molecular formula is C18H32IN3OS. The predicted molar refractivity (Wildman–Crippen MR) is 118 cm³/mol. The summed E-state index contributed by atoms with van der Waals surface area (Å²) in [7, 11) is 3.50.